The molecule has 0 saturated carbocycles. The molecule has 5 heteroatoms. The van der Waals surface area contributed by atoms with Gasteiger partial charge < -0.3 is 16.4 Å². The fourth-order valence-corrected chi connectivity index (χ4v) is 4.17. The van der Waals surface area contributed by atoms with Crippen LogP contribution in [-0.2, 0) is 11.3 Å². The number of nitrogens with zero attached hydrogens (tertiary/aromatic N) is 1. The third-order valence-electron chi connectivity index (χ3n) is 5.84. The average Bonchev–Trinajstić information content (AvgIpc) is 2.76. The lowest BCUT2D eigenvalue weighted by Gasteiger charge is -2.33. The Labute approximate surface area is 181 Å². The van der Waals surface area contributed by atoms with Crippen LogP contribution in [0.1, 0.15) is 44.6 Å². The van der Waals surface area contributed by atoms with Crippen molar-refractivity contribution in [2.24, 2.45) is 5.73 Å². The summed E-state index contributed by atoms with van der Waals surface area (Å²) < 4.78 is 0. The molecule has 2 aromatic rings. The Morgan fingerprint density at radius 3 is 2.33 bits per heavy atom. The predicted octanol–water partition coefficient (Wildman–Crippen LogP) is 3.77. The van der Waals surface area contributed by atoms with Crippen molar-refractivity contribution in [1.82, 2.24) is 10.2 Å². The van der Waals surface area contributed by atoms with Gasteiger partial charge in [0.25, 0.3) is 0 Å². The summed E-state index contributed by atoms with van der Waals surface area (Å²) in [6, 6.07) is 20.6. The number of piperidine rings is 1. The highest BCUT2D eigenvalue weighted by molar-refractivity contribution is 5.81. The van der Waals surface area contributed by atoms with Gasteiger partial charge in [-0.2, -0.15) is 0 Å². The maximum atomic E-state index is 12.7. The molecule has 4 N–H and O–H groups in total. The molecule has 3 rings (SSSR count). The van der Waals surface area contributed by atoms with Crippen LogP contribution in [0.3, 0.4) is 0 Å². The zero-order chi connectivity index (χ0) is 21.2. The van der Waals surface area contributed by atoms with E-state index in [2.05, 4.69) is 64.9 Å². The molecule has 30 heavy (non-hydrogen) atoms. The predicted molar refractivity (Wildman–Crippen MR) is 124 cm³/mol. The van der Waals surface area contributed by atoms with Gasteiger partial charge in [0.05, 0.1) is 6.04 Å². The second-order valence-electron chi connectivity index (χ2n) is 8.38. The topological polar surface area (TPSA) is 70.4 Å². The molecular weight excluding hydrogens is 372 g/mol. The summed E-state index contributed by atoms with van der Waals surface area (Å²) >= 11 is 0. The molecule has 2 unspecified atom stereocenters. The van der Waals surface area contributed by atoms with Gasteiger partial charge in [0.15, 0.2) is 0 Å². The van der Waals surface area contributed by atoms with Crippen LogP contribution in [0.2, 0.25) is 0 Å². The van der Waals surface area contributed by atoms with Gasteiger partial charge in [-0.05, 0) is 43.4 Å². The van der Waals surface area contributed by atoms with Gasteiger partial charge in [-0.3, -0.25) is 9.69 Å². The summed E-state index contributed by atoms with van der Waals surface area (Å²) in [4.78, 5) is 15.2. The molecule has 1 saturated heterocycles. The molecule has 5 nitrogen and oxygen atoms in total. The number of nitrogens with one attached hydrogen (secondary N) is 2. The number of likely N-dealkylation sites (tertiary alicyclic amines) is 1. The van der Waals surface area contributed by atoms with Gasteiger partial charge in [0, 0.05) is 37.4 Å². The number of rotatable bonds is 10. The van der Waals surface area contributed by atoms with Crippen molar-refractivity contribution in [3.8, 4) is 0 Å². The summed E-state index contributed by atoms with van der Waals surface area (Å²) in [7, 11) is 0. The lowest BCUT2D eigenvalue weighted by molar-refractivity contribution is -0.123. The van der Waals surface area contributed by atoms with Crippen molar-refractivity contribution in [2.75, 3.05) is 18.4 Å². The molecule has 162 valence electrons. The summed E-state index contributed by atoms with van der Waals surface area (Å²) in [6.07, 6.45) is 4.64. The second kappa shape index (κ2) is 11.7. The molecular formula is C25H36N4O. The minimum atomic E-state index is -0.486. The molecule has 2 aromatic carbocycles. The lowest BCUT2D eigenvalue weighted by atomic mass is 10.00. The van der Waals surface area contributed by atoms with E-state index in [1.165, 1.54) is 5.56 Å². The molecule has 1 fully saturated rings. The van der Waals surface area contributed by atoms with Crippen molar-refractivity contribution in [2.45, 2.75) is 63.7 Å². The molecule has 2 atom stereocenters. The maximum Gasteiger partial charge on any atom is 0.237 e. The molecule has 1 heterocycles. The third kappa shape index (κ3) is 7.15. The first kappa shape index (κ1) is 22.3. The Morgan fingerprint density at radius 2 is 1.70 bits per heavy atom. The van der Waals surface area contributed by atoms with E-state index in [1.807, 2.05) is 18.2 Å². The smallest absolute Gasteiger partial charge is 0.237 e. The van der Waals surface area contributed by atoms with Gasteiger partial charge in [0.1, 0.15) is 0 Å². The van der Waals surface area contributed by atoms with Crippen LogP contribution in [0, 0.1) is 0 Å². The number of hydrogen-bond acceptors (Lipinski definition) is 4. The van der Waals surface area contributed by atoms with Crippen LogP contribution in [0.15, 0.2) is 60.7 Å². The highest BCUT2D eigenvalue weighted by Gasteiger charge is 2.24. The molecule has 1 aliphatic rings. The van der Waals surface area contributed by atoms with Crippen molar-refractivity contribution in [1.29, 1.82) is 0 Å². The Morgan fingerprint density at radius 1 is 1.07 bits per heavy atom. The maximum absolute atomic E-state index is 12.7. The summed E-state index contributed by atoms with van der Waals surface area (Å²) in [5.74, 6) is -0.0209. The van der Waals surface area contributed by atoms with Gasteiger partial charge in [-0.25, -0.2) is 0 Å². The van der Waals surface area contributed by atoms with Crippen LogP contribution >= 0.6 is 0 Å². The fourth-order valence-electron chi connectivity index (χ4n) is 4.17. The number of hydrogen-bond donors (Lipinski definition) is 3. The number of para-hydroxylation sites is 1. The van der Waals surface area contributed by atoms with Crippen LogP contribution in [0.4, 0.5) is 5.69 Å². The standard InChI is InChI=1S/C25H36N4O/c1-2-9-23(27-21-12-7-4-8-13-21)18-24(26)25(30)28-22-14-16-29(17-15-22)19-20-10-5-3-6-11-20/h3-8,10-13,22-24,27H,2,9,14-19,26H2,1H3,(H,28,30). The van der Waals surface area contributed by atoms with Crippen LogP contribution < -0.4 is 16.4 Å². The van der Waals surface area contributed by atoms with E-state index in [4.69, 9.17) is 5.73 Å². The monoisotopic (exact) mass is 408 g/mol. The zero-order valence-corrected chi connectivity index (χ0v) is 18.1. The summed E-state index contributed by atoms with van der Waals surface area (Å²) in [5.41, 5.74) is 8.71. The minimum absolute atomic E-state index is 0.0209. The SMILES string of the molecule is CCCC(CC(N)C(=O)NC1CCN(Cc2ccccc2)CC1)Nc1ccccc1. The van der Waals surface area contributed by atoms with Crippen molar-refractivity contribution in [3.63, 3.8) is 0 Å². The Kier molecular flexibility index (Phi) is 8.72. The van der Waals surface area contributed by atoms with E-state index in [0.717, 1.165) is 51.0 Å². The molecule has 1 aliphatic heterocycles. The third-order valence-corrected chi connectivity index (χ3v) is 5.84. The summed E-state index contributed by atoms with van der Waals surface area (Å²) in [6.45, 7) is 5.14. The minimum Gasteiger partial charge on any atom is -0.382 e. The highest BCUT2D eigenvalue weighted by atomic mass is 16.2. The first-order chi connectivity index (χ1) is 14.6. The lowest BCUT2D eigenvalue weighted by Crippen LogP contribution is -2.50. The van der Waals surface area contributed by atoms with E-state index in [9.17, 15) is 4.79 Å². The highest BCUT2D eigenvalue weighted by Crippen LogP contribution is 2.16. The van der Waals surface area contributed by atoms with Gasteiger partial charge in [-0.15, -0.1) is 0 Å². The molecule has 0 aliphatic carbocycles. The number of carbonyl (C=O) groups excluding carboxylic acids is 1. The van der Waals surface area contributed by atoms with E-state index in [0.29, 0.717) is 6.42 Å². The number of anilines is 1. The zero-order valence-electron chi connectivity index (χ0n) is 18.1. The number of carbonyl (C=O) groups is 1. The molecule has 0 spiro atoms. The van der Waals surface area contributed by atoms with Crippen LogP contribution in [0.25, 0.3) is 0 Å². The van der Waals surface area contributed by atoms with E-state index < -0.39 is 6.04 Å². The molecule has 0 radical (unpaired) electrons. The van der Waals surface area contributed by atoms with Crippen LogP contribution in [0.5, 0.6) is 0 Å². The van der Waals surface area contributed by atoms with Gasteiger partial charge in [-0.1, -0.05) is 61.9 Å². The van der Waals surface area contributed by atoms with E-state index >= 15 is 0 Å². The Bertz CT molecular complexity index is 744. The number of benzene rings is 2. The molecule has 0 bridgehead atoms. The Hall–Kier alpha value is -2.37. The average molecular weight is 409 g/mol. The normalized spacial score (nSPS) is 17.3. The van der Waals surface area contributed by atoms with Crippen molar-refractivity contribution in [3.05, 3.63) is 66.2 Å². The van der Waals surface area contributed by atoms with Crippen molar-refractivity contribution >= 4 is 11.6 Å². The second-order valence-corrected chi connectivity index (χ2v) is 8.38. The summed E-state index contributed by atoms with van der Waals surface area (Å²) in [5, 5.41) is 6.73. The number of nitrogens with two attached hydrogens (primary N) is 1. The first-order valence-electron chi connectivity index (χ1n) is 11.3. The first-order valence-corrected chi connectivity index (χ1v) is 11.3. The molecule has 1 amide bonds. The van der Waals surface area contributed by atoms with E-state index in [-0.39, 0.29) is 18.0 Å². The Balaban J connectivity index is 1.42. The number of amides is 1. The van der Waals surface area contributed by atoms with Crippen molar-refractivity contribution < 1.29 is 4.79 Å². The molecule has 0 aromatic heterocycles. The van der Waals surface area contributed by atoms with E-state index in [1.54, 1.807) is 0 Å². The van der Waals surface area contributed by atoms with Gasteiger partial charge in [0.2, 0.25) is 5.91 Å². The van der Waals surface area contributed by atoms with Crippen LogP contribution in [-0.4, -0.2) is 42.0 Å². The van der Waals surface area contributed by atoms with Gasteiger partial charge >= 0.3 is 0 Å². The largest absolute Gasteiger partial charge is 0.382 e. The quantitative estimate of drug-likeness (QED) is 0.560. The fraction of sp³-hybridized carbons (Fsp3) is 0.480.